The maximum atomic E-state index is 13.0. The average molecular weight is 386 g/mol. The predicted octanol–water partition coefficient (Wildman–Crippen LogP) is 3.40. The molecule has 5 heteroatoms. The number of esters is 1. The first-order valence-corrected chi connectivity index (χ1v) is 10.8. The highest BCUT2D eigenvalue weighted by atomic mass is 16.6. The third kappa shape index (κ3) is 2.20. The molecule has 5 rings (SSSR count). The molecule has 1 heterocycles. The Bertz CT molecular complexity index is 799. The van der Waals surface area contributed by atoms with Crippen LogP contribution in [0.4, 0.5) is 0 Å². The molecule has 1 aliphatic heterocycles. The number of Topliss-reactive ketones (excluding diaryl/α,β-unsaturated/α-hetero) is 1. The maximum Gasteiger partial charge on any atom is 0.303 e. The summed E-state index contributed by atoms with van der Waals surface area (Å²) in [5, 5.41) is 0. The van der Waals surface area contributed by atoms with Crippen LogP contribution in [-0.4, -0.2) is 35.8 Å². The van der Waals surface area contributed by atoms with E-state index in [4.69, 9.17) is 9.47 Å². The van der Waals surface area contributed by atoms with Gasteiger partial charge in [0, 0.05) is 18.8 Å². The number of ketones is 2. The molecule has 152 valence electrons. The molecule has 28 heavy (non-hydrogen) atoms. The van der Waals surface area contributed by atoms with Crippen LogP contribution in [0.15, 0.2) is 11.6 Å². The van der Waals surface area contributed by atoms with Crippen molar-refractivity contribution >= 4 is 17.5 Å². The van der Waals surface area contributed by atoms with Gasteiger partial charge in [-0.15, -0.1) is 0 Å². The lowest BCUT2D eigenvalue weighted by molar-refractivity contribution is -0.152. The summed E-state index contributed by atoms with van der Waals surface area (Å²) in [6.07, 6.45) is 8.68. The Balaban J connectivity index is 1.42. The lowest BCUT2D eigenvalue weighted by Gasteiger charge is -2.58. The number of carbonyl (C=O) groups excluding carboxylic acids is 3. The Kier molecular flexibility index (Phi) is 3.82. The highest BCUT2D eigenvalue weighted by Gasteiger charge is 2.80. The summed E-state index contributed by atoms with van der Waals surface area (Å²) in [6.45, 7) is 5.78. The van der Waals surface area contributed by atoms with Crippen molar-refractivity contribution in [2.45, 2.75) is 77.4 Å². The molecule has 0 bridgehead atoms. The van der Waals surface area contributed by atoms with Gasteiger partial charge in [-0.25, -0.2) is 0 Å². The number of hydrogen-bond donors (Lipinski definition) is 0. The molecule has 0 aromatic heterocycles. The minimum atomic E-state index is -0.738. The van der Waals surface area contributed by atoms with E-state index in [1.165, 1.54) is 12.5 Å². The fourth-order valence-corrected chi connectivity index (χ4v) is 7.75. The van der Waals surface area contributed by atoms with E-state index in [-0.39, 0.29) is 35.1 Å². The first kappa shape index (κ1) is 18.5. The van der Waals surface area contributed by atoms with E-state index in [1.807, 2.05) is 6.08 Å². The quantitative estimate of drug-likeness (QED) is 0.549. The van der Waals surface area contributed by atoms with Crippen LogP contribution in [0, 0.1) is 28.6 Å². The first-order valence-electron chi connectivity index (χ1n) is 10.8. The van der Waals surface area contributed by atoms with Crippen LogP contribution in [0.5, 0.6) is 0 Å². The van der Waals surface area contributed by atoms with Crippen molar-refractivity contribution in [2.24, 2.45) is 28.6 Å². The highest BCUT2D eigenvalue weighted by molar-refractivity contribution is 5.94. The monoisotopic (exact) mass is 386 g/mol. The Morgan fingerprint density at radius 1 is 1.18 bits per heavy atom. The summed E-state index contributed by atoms with van der Waals surface area (Å²) < 4.78 is 11.1. The van der Waals surface area contributed by atoms with Crippen LogP contribution in [0.3, 0.4) is 0 Å². The molecule has 0 unspecified atom stereocenters. The third-order valence-corrected chi connectivity index (χ3v) is 9.21. The van der Waals surface area contributed by atoms with E-state index in [0.717, 1.165) is 38.5 Å². The van der Waals surface area contributed by atoms with Gasteiger partial charge in [0.1, 0.15) is 0 Å². The molecule has 0 aromatic rings. The molecule has 0 radical (unpaired) electrons. The van der Waals surface area contributed by atoms with Crippen molar-refractivity contribution < 1.29 is 23.9 Å². The van der Waals surface area contributed by atoms with Crippen molar-refractivity contribution in [3.05, 3.63) is 11.6 Å². The van der Waals surface area contributed by atoms with Crippen LogP contribution < -0.4 is 0 Å². The van der Waals surface area contributed by atoms with E-state index >= 15 is 0 Å². The Labute approximate surface area is 166 Å². The van der Waals surface area contributed by atoms with Gasteiger partial charge in [-0.2, -0.15) is 0 Å². The van der Waals surface area contributed by atoms with E-state index in [2.05, 4.69) is 13.8 Å². The summed E-state index contributed by atoms with van der Waals surface area (Å²) in [5.74, 6) is 1.47. The molecule has 1 saturated heterocycles. The minimum Gasteiger partial charge on any atom is -0.458 e. The smallest absolute Gasteiger partial charge is 0.303 e. The number of epoxide rings is 1. The van der Waals surface area contributed by atoms with Crippen molar-refractivity contribution in [1.29, 1.82) is 0 Å². The number of hydrogen-bond acceptors (Lipinski definition) is 5. The van der Waals surface area contributed by atoms with E-state index in [1.54, 1.807) is 0 Å². The minimum absolute atomic E-state index is 0.0120. The molecule has 7 atom stereocenters. The second-order valence-electron chi connectivity index (χ2n) is 10.2. The second kappa shape index (κ2) is 5.78. The molecule has 5 nitrogen and oxygen atoms in total. The number of allylic oxidation sites excluding steroid dienone is 1. The normalized spacial score (nSPS) is 48.5. The van der Waals surface area contributed by atoms with Crippen molar-refractivity contribution in [2.75, 3.05) is 6.61 Å². The third-order valence-electron chi connectivity index (χ3n) is 9.21. The van der Waals surface area contributed by atoms with Crippen LogP contribution in [-0.2, 0) is 23.9 Å². The van der Waals surface area contributed by atoms with Gasteiger partial charge in [0.15, 0.2) is 18.0 Å². The lowest BCUT2D eigenvalue weighted by Crippen LogP contribution is -2.55. The van der Waals surface area contributed by atoms with Crippen LogP contribution in [0.1, 0.15) is 65.7 Å². The number of carbonyl (C=O) groups is 3. The second-order valence-corrected chi connectivity index (χ2v) is 10.2. The highest BCUT2D eigenvalue weighted by Crippen LogP contribution is 2.73. The molecule has 5 aliphatic rings. The molecule has 0 amide bonds. The molecule has 0 spiro atoms. The molecule has 4 aliphatic carbocycles. The maximum absolute atomic E-state index is 13.0. The summed E-state index contributed by atoms with van der Waals surface area (Å²) >= 11 is 0. The summed E-state index contributed by atoms with van der Waals surface area (Å²) in [5.41, 5.74) is 0.602. The average Bonchev–Trinajstić information content (AvgIpc) is 3.32. The SMILES string of the molecule is CC(=O)OCC(=O)[C@]12O[C@H]1C[C@@H]1[C@H]3CCC4=CC(=O)CC[C@]4(C)[C@@H]3CC[C@@]12C. The Morgan fingerprint density at radius 2 is 1.96 bits per heavy atom. The zero-order valence-corrected chi connectivity index (χ0v) is 17.1. The Morgan fingerprint density at radius 3 is 2.71 bits per heavy atom. The fourth-order valence-electron chi connectivity index (χ4n) is 7.75. The zero-order chi connectivity index (χ0) is 19.9. The van der Waals surface area contributed by atoms with Gasteiger partial charge in [-0.05, 0) is 67.8 Å². The number of ether oxygens (including phenoxy) is 2. The van der Waals surface area contributed by atoms with Gasteiger partial charge in [-0.1, -0.05) is 19.4 Å². The standard InChI is InChI=1S/C23H30O5/c1-13(24)27-12-19(26)23-20(28-23)11-18-16-5-4-14-10-15(25)6-8-21(14,2)17(16)7-9-22(18,23)3/h10,16-18,20H,4-9,11-12H2,1-3H3/t16-,17+,18+,20-,21-,22-,23-/m0/s1. The van der Waals surface area contributed by atoms with E-state index in [9.17, 15) is 14.4 Å². The topological polar surface area (TPSA) is 73.0 Å². The zero-order valence-electron chi connectivity index (χ0n) is 17.1. The molecular formula is C23H30O5. The van der Waals surface area contributed by atoms with E-state index < -0.39 is 11.6 Å². The van der Waals surface area contributed by atoms with Crippen molar-refractivity contribution in [3.8, 4) is 0 Å². The van der Waals surface area contributed by atoms with Gasteiger partial charge >= 0.3 is 5.97 Å². The largest absolute Gasteiger partial charge is 0.458 e. The molecular weight excluding hydrogens is 356 g/mol. The predicted molar refractivity (Wildman–Crippen MR) is 101 cm³/mol. The van der Waals surface area contributed by atoms with Gasteiger partial charge in [0.05, 0.1) is 6.10 Å². The Hall–Kier alpha value is -1.49. The summed E-state index contributed by atoms with van der Waals surface area (Å²) in [6, 6.07) is 0. The van der Waals surface area contributed by atoms with Gasteiger partial charge in [0.2, 0.25) is 5.78 Å². The lowest BCUT2D eigenvalue weighted by atomic mass is 9.46. The van der Waals surface area contributed by atoms with Crippen LogP contribution in [0.25, 0.3) is 0 Å². The number of rotatable bonds is 3. The fraction of sp³-hybridized carbons (Fsp3) is 0.783. The molecule has 4 fully saturated rings. The van der Waals surface area contributed by atoms with Crippen LogP contribution in [0.2, 0.25) is 0 Å². The molecule has 0 N–H and O–H groups in total. The molecule has 3 saturated carbocycles. The number of fused-ring (bicyclic) bond motifs is 7. The summed E-state index contributed by atoms with van der Waals surface area (Å²) in [4.78, 5) is 36.2. The van der Waals surface area contributed by atoms with Gasteiger partial charge in [-0.3, -0.25) is 14.4 Å². The van der Waals surface area contributed by atoms with Crippen LogP contribution >= 0.6 is 0 Å². The van der Waals surface area contributed by atoms with Crippen molar-refractivity contribution in [1.82, 2.24) is 0 Å². The van der Waals surface area contributed by atoms with E-state index in [0.29, 0.717) is 24.2 Å². The summed E-state index contributed by atoms with van der Waals surface area (Å²) in [7, 11) is 0. The van der Waals surface area contributed by atoms with Crippen molar-refractivity contribution in [3.63, 3.8) is 0 Å². The molecule has 0 aromatic carbocycles. The van der Waals surface area contributed by atoms with Gasteiger partial charge in [0.25, 0.3) is 0 Å². The van der Waals surface area contributed by atoms with Gasteiger partial charge < -0.3 is 9.47 Å². The first-order chi connectivity index (χ1) is 13.2.